The van der Waals surface area contributed by atoms with Gasteiger partial charge in [-0.05, 0) is 74.2 Å². The molecule has 0 atom stereocenters. The molecule has 26 heavy (non-hydrogen) atoms. The van der Waals surface area contributed by atoms with Crippen LogP contribution in [0.15, 0.2) is 42.7 Å². The molecule has 5 rings (SSSR count). The average Bonchev–Trinajstić information content (AvgIpc) is 3.24. The fraction of sp³-hybridized carbons (Fsp3) is 0.333. The van der Waals surface area contributed by atoms with Crippen LogP contribution < -0.4 is 5.32 Å². The minimum Gasteiger partial charge on any atom is -0.317 e. The summed E-state index contributed by atoms with van der Waals surface area (Å²) in [5.41, 5.74) is 5.81. The van der Waals surface area contributed by atoms with Gasteiger partial charge in [0.1, 0.15) is 0 Å². The smallest absolute Gasteiger partial charge is 0.0953 e. The predicted molar refractivity (Wildman–Crippen MR) is 105 cm³/mol. The van der Waals surface area contributed by atoms with Crippen molar-refractivity contribution in [2.75, 3.05) is 13.1 Å². The monoisotopic (exact) mass is 345 g/mol. The molecule has 132 valence electrons. The van der Waals surface area contributed by atoms with Crippen LogP contribution in [0.4, 0.5) is 0 Å². The number of piperidine rings is 1. The lowest BCUT2D eigenvalue weighted by atomic mass is 9.90. The van der Waals surface area contributed by atoms with Gasteiger partial charge in [0, 0.05) is 30.2 Å². The van der Waals surface area contributed by atoms with Gasteiger partial charge in [-0.25, -0.2) is 4.68 Å². The summed E-state index contributed by atoms with van der Waals surface area (Å²) in [5, 5.41) is 15.1. The molecular formula is C21H23N5. The van der Waals surface area contributed by atoms with E-state index in [9.17, 15) is 0 Å². The molecule has 1 aliphatic rings. The molecule has 4 aromatic rings. The molecule has 0 amide bonds. The maximum Gasteiger partial charge on any atom is 0.0953 e. The van der Waals surface area contributed by atoms with Crippen LogP contribution in [0.3, 0.4) is 0 Å². The Bertz CT molecular complexity index is 1100. The van der Waals surface area contributed by atoms with Crippen LogP contribution in [0.1, 0.15) is 29.9 Å². The summed E-state index contributed by atoms with van der Waals surface area (Å²) in [4.78, 5) is 0. The topological polar surface area (TPSA) is 47.7 Å². The minimum atomic E-state index is 0.665. The zero-order valence-corrected chi connectivity index (χ0v) is 15.2. The number of hydrogen-bond donors (Lipinski definition) is 1. The zero-order valence-electron chi connectivity index (χ0n) is 15.2. The molecule has 3 heterocycles. The van der Waals surface area contributed by atoms with Crippen molar-refractivity contribution in [3.8, 4) is 5.69 Å². The number of aryl methyl sites for hydroxylation is 2. The summed E-state index contributed by atoms with van der Waals surface area (Å²) in [6.07, 6.45) is 6.65. The fourth-order valence-electron chi connectivity index (χ4n) is 4.13. The summed E-state index contributed by atoms with van der Waals surface area (Å²) in [7, 11) is 1.96. The molecule has 2 aromatic heterocycles. The molecule has 1 saturated heterocycles. The van der Waals surface area contributed by atoms with Gasteiger partial charge in [0.05, 0.1) is 16.7 Å². The number of aromatic nitrogens is 4. The fourth-order valence-corrected chi connectivity index (χ4v) is 4.13. The number of nitrogens with zero attached hydrogens (tertiary/aromatic N) is 4. The Hall–Kier alpha value is -2.66. The number of rotatable bonds is 2. The highest BCUT2D eigenvalue weighted by Crippen LogP contribution is 2.29. The lowest BCUT2D eigenvalue weighted by Gasteiger charge is -2.22. The van der Waals surface area contributed by atoms with Crippen molar-refractivity contribution in [2.45, 2.75) is 25.7 Å². The highest BCUT2D eigenvalue weighted by Gasteiger charge is 2.16. The number of benzene rings is 2. The molecule has 0 saturated carbocycles. The Labute approximate surface area is 152 Å². The van der Waals surface area contributed by atoms with Crippen LogP contribution in [-0.4, -0.2) is 32.7 Å². The first-order valence-electron chi connectivity index (χ1n) is 9.32. The van der Waals surface area contributed by atoms with Gasteiger partial charge in [0.25, 0.3) is 0 Å². The van der Waals surface area contributed by atoms with Crippen molar-refractivity contribution in [3.63, 3.8) is 0 Å². The van der Waals surface area contributed by atoms with Crippen LogP contribution in [0.25, 0.3) is 27.5 Å². The third-order valence-electron chi connectivity index (χ3n) is 5.50. The molecule has 0 unspecified atom stereocenters. The number of nitrogens with one attached hydrogen (secondary N) is 1. The summed E-state index contributed by atoms with van der Waals surface area (Å²) in [5.74, 6) is 0.665. The van der Waals surface area contributed by atoms with E-state index in [1.165, 1.54) is 29.4 Å². The van der Waals surface area contributed by atoms with Gasteiger partial charge in [-0.3, -0.25) is 4.68 Å². The van der Waals surface area contributed by atoms with E-state index in [0.29, 0.717) is 5.92 Å². The van der Waals surface area contributed by atoms with Crippen molar-refractivity contribution >= 4 is 21.8 Å². The maximum atomic E-state index is 4.80. The summed E-state index contributed by atoms with van der Waals surface area (Å²) in [6.45, 7) is 4.34. The SMILES string of the molecule is Cc1cc(-n2cc3cc(C4CCNCC4)ccc3n2)cc2cn(C)nc12. The van der Waals surface area contributed by atoms with Gasteiger partial charge >= 0.3 is 0 Å². The van der Waals surface area contributed by atoms with Crippen LogP contribution in [0, 0.1) is 6.92 Å². The molecule has 1 aliphatic heterocycles. The summed E-state index contributed by atoms with van der Waals surface area (Å²) >= 11 is 0. The Balaban J connectivity index is 1.57. The van der Waals surface area contributed by atoms with Gasteiger partial charge in [-0.1, -0.05) is 6.07 Å². The maximum absolute atomic E-state index is 4.80. The van der Waals surface area contributed by atoms with E-state index in [1.54, 1.807) is 0 Å². The molecule has 1 fully saturated rings. The first-order valence-corrected chi connectivity index (χ1v) is 9.32. The highest BCUT2D eigenvalue weighted by atomic mass is 15.3. The van der Waals surface area contributed by atoms with Gasteiger partial charge < -0.3 is 5.32 Å². The van der Waals surface area contributed by atoms with Crippen LogP contribution >= 0.6 is 0 Å². The second kappa shape index (κ2) is 5.95. The van der Waals surface area contributed by atoms with Crippen LogP contribution in [-0.2, 0) is 7.05 Å². The first-order chi connectivity index (χ1) is 12.7. The van der Waals surface area contributed by atoms with Crippen molar-refractivity contribution in [1.29, 1.82) is 0 Å². The van der Waals surface area contributed by atoms with E-state index < -0.39 is 0 Å². The van der Waals surface area contributed by atoms with Crippen molar-refractivity contribution in [3.05, 3.63) is 53.9 Å². The Morgan fingerprint density at radius 1 is 1.00 bits per heavy atom. The van der Waals surface area contributed by atoms with Gasteiger partial charge in [-0.2, -0.15) is 10.2 Å². The summed E-state index contributed by atoms with van der Waals surface area (Å²) < 4.78 is 3.86. The van der Waals surface area contributed by atoms with E-state index in [1.807, 2.05) is 16.4 Å². The van der Waals surface area contributed by atoms with Crippen molar-refractivity contribution in [1.82, 2.24) is 24.9 Å². The molecule has 2 aromatic carbocycles. The van der Waals surface area contributed by atoms with E-state index in [4.69, 9.17) is 5.10 Å². The molecule has 5 heteroatoms. The summed E-state index contributed by atoms with van der Waals surface area (Å²) in [6, 6.07) is 11.1. The van der Waals surface area contributed by atoms with Gasteiger partial charge in [0.15, 0.2) is 0 Å². The highest BCUT2D eigenvalue weighted by molar-refractivity contribution is 5.84. The third-order valence-corrected chi connectivity index (χ3v) is 5.50. The number of hydrogen-bond acceptors (Lipinski definition) is 3. The molecule has 0 bridgehead atoms. The second-order valence-corrected chi connectivity index (χ2v) is 7.42. The van der Waals surface area contributed by atoms with E-state index in [-0.39, 0.29) is 0 Å². The first kappa shape index (κ1) is 15.6. The Morgan fingerprint density at radius 2 is 1.85 bits per heavy atom. The van der Waals surface area contributed by atoms with Crippen LogP contribution in [0.2, 0.25) is 0 Å². The number of fused-ring (bicyclic) bond motifs is 2. The molecule has 0 spiro atoms. The Kier molecular flexibility index (Phi) is 3.57. The van der Waals surface area contributed by atoms with Crippen molar-refractivity contribution in [2.24, 2.45) is 7.05 Å². The molecule has 0 aliphatic carbocycles. The molecule has 0 radical (unpaired) electrons. The third kappa shape index (κ3) is 2.59. The molecule has 1 N–H and O–H groups in total. The lowest BCUT2D eigenvalue weighted by molar-refractivity contribution is 0.460. The van der Waals surface area contributed by atoms with E-state index in [0.717, 1.165) is 35.2 Å². The zero-order chi connectivity index (χ0) is 17.7. The standard InChI is InChI=1S/C21H23N5/c1-14-9-19(11-18-12-25(2)24-21(14)18)26-13-17-10-16(3-4-20(17)23-26)15-5-7-22-8-6-15/h3-4,9-13,15,22H,5-8H2,1-2H3. The van der Waals surface area contributed by atoms with Gasteiger partial charge in [0.2, 0.25) is 0 Å². The van der Waals surface area contributed by atoms with Gasteiger partial charge in [-0.15, -0.1) is 0 Å². The van der Waals surface area contributed by atoms with Crippen molar-refractivity contribution < 1.29 is 0 Å². The quantitative estimate of drug-likeness (QED) is 0.603. The van der Waals surface area contributed by atoms with E-state index >= 15 is 0 Å². The second-order valence-electron chi connectivity index (χ2n) is 7.42. The largest absolute Gasteiger partial charge is 0.317 e. The normalized spacial score (nSPS) is 15.9. The Morgan fingerprint density at radius 3 is 2.69 bits per heavy atom. The minimum absolute atomic E-state index is 0.665. The molecular weight excluding hydrogens is 322 g/mol. The lowest BCUT2D eigenvalue weighted by Crippen LogP contribution is -2.26. The predicted octanol–water partition coefficient (Wildman–Crippen LogP) is 3.69. The van der Waals surface area contributed by atoms with Crippen LogP contribution in [0.5, 0.6) is 0 Å². The van der Waals surface area contributed by atoms with E-state index in [2.05, 4.69) is 60.1 Å². The molecule has 5 nitrogen and oxygen atoms in total. The average molecular weight is 345 g/mol.